The Balaban J connectivity index is 0. The van der Waals surface area contributed by atoms with E-state index in [2.05, 4.69) is 4.74 Å². The fourth-order valence-corrected chi connectivity index (χ4v) is 0.928. The second kappa shape index (κ2) is 16.3. The van der Waals surface area contributed by atoms with Crippen LogP contribution in [0.2, 0.25) is 0 Å². The minimum absolute atomic E-state index is 0. The van der Waals surface area contributed by atoms with Crippen LogP contribution in [0.3, 0.4) is 0 Å². The van der Waals surface area contributed by atoms with E-state index in [9.17, 15) is 4.79 Å². The molecule has 0 saturated heterocycles. The Labute approximate surface area is 109 Å². The van der Waals surface area contributed by atoms with Crippen molar-refractivity contribution in [2.24, 2.45) is 0 Å². The molecule has 0 unspecified atom stereocenters. The molecule has 0 spiro atoms. The third kappa shape index (κ3) is 17.7. The summed E-state index contributed by atoms with van der Waals surface area (Å²) in [6, 6.07) is 0. The Bertz CT molecular complexity index is 174. The fourth-order valence-electron chi connectivity index (χ4n) is 0.928. The van der Waals surface area contributed by atoms with Crippen LogP contribution in [0.5, 0.6) is 0 Å². The molecule has 0 saturated carbocycles. The first kappa shape index (κ1) is 19.6. The number of esters is 1. The van der Waals surface area contributed by atoms with Gasteiger partial charge in [0.25, 0.3) is 0 Å². The maximum absolute atomic E-state index is 10.4. The average Bonchev–Trinajstić information content (AvgIpc) is 2.30. The fraction of sp³-hybridized carbons (Fsp3) is 0.917. The van der Waals surface area contributed by atoms with E-state index in [1.165, 1.54) is 6.92 Å². The molecule has 0 amide bonds. The van der Waals surface area contributed by atoms with Crippen LogP contribution in [0.15, 0.2) is 0 Å². The van der Waals surface area contributed by atoms with Crippen LogP contribution in [0.1, 0.15) is 14.4 Å². The third-order valence-electron chi connectivity index (χ3n) is 1.71. The number of hydrogen-bond acceptors (Lipinski definition) is 6. The summed E-state index contributed by atoms with van der Waals surface area (Å²) in [5, 5.41) is 0. The van der Waals surface area contributed by atoms with Crippen molar-refractivity contribution in [2.45, 2.75) is 14.4 Å². The largest absolute Gasteiger partial charge is 0.463 e. The molecule has 0 N–H and O–H groups in total. The zero-order chi connectivity index (χ0) is 12.8. The molecule has 0 bridgehead atoms. The monoisotopic (exact) mass is 266 g/mol. The summed E-state index contributed by atoms with van der Waals surface area (Å²) >= 11 is 0. The smallest absolute Gasteiger partial charge is 0.302 e. The van der Waals surface area contributed by atoms with Gasteiger partial charge in [0.15, 0.2) is 0 Å². The molecule has 110 valence electrons. The molecule has 0 aliphatic heterocycles. The summed E-state index contributed by atoms with van der Waals surface area (Å²) in [4.78, 5) is 10.4. The summed E-state index contributed by atoms with van der Waals surface area (Å²) in [6.45, 7) is 5.31. The second-order valence-corrected chi connectivity index (χ2v) is 3.17. The number of carbonyl (C=O) groups excluding carboxylic acids is 1. The molecule has 0 aliphatic carbocycles. The summed E-state index contributed by atoms with van der Waals surface area (Å²) in [7, 11) is 1.63. The number of hydrogen-bond donors (Lipinski definition) is 0. The lowest BCUT2D eigenvalue weighted by Gasteiger charge is -2.06. The van der Waals surface area contributed by atoms with Gasteiger partial charge in [-0.2, -0.15) is 0 Å². The van der Waals surface area contributed by atoms with Crippen LogP contribution in [0.4, 0.5) is 0 Å². The van der Waals surface area contributed by atoms with Gasteiger partial charge in [0, 0.05) is 14.0 Å². The zero-order valence-corrected chi connectivity index (χ0v) is 10.6. The van der Waals surface area contributed by atoms with Crippen molar-refractivity contribution in [3.05, 3.63) is 0 Å². The molecule has 0 aliphatic rings. The van der Waals surface area contributed by atoms with E-state index in [-0.39, 0.29) is 20.0 Å². The Morgan fingerprint density at radius 2 is 1.17 bits per heavy atom. The molecule has 18 heavy (non-hydrogen) atoms. The van der Waals surface area contributed by atoms with Crippen molar-refractivity contribution >= 4 is 5.97 Å². The van der Waals surface area contributed by atoms with Crippen LogP contribution in [-0.4, -0.2) is 65.9 Å². The molecular formula is C12H26O6. The zero-order valence-electron chi connectivity index (χ0n) is 10.6. The molecule has 6 nitrogen and oxygen atoms in total. The number of carbonyl (C=O) groups is 1. The normalized spacial score (nSPS) is 9.89. The molecule has 0 aromatic heterocycles. The maximum atomic E-state index is 10.4. The van der Waals surface area contributed by atoms with Gasteiger partial charge in [0.1, 0.15) is 6.61 Å². The van der Waals surface area contributed by atoms with E-state index in [1.54, 1.807) is 7.11 Å². The van der Waals surface area contributed by atoms with E-state index in [1.807, 2.05) is 0 Å². The molecule has 0 heterocycles. The van der Waals surface area contributed by atoms with Gasteiger partial charge in [-0.15, -0.1) is 0 Å². The maximum Gasteiger partial charge on any atom is 0.302 e. The number of methoxy groups -OCH3 is 1. The van der Waals surface area contributed by atoms with Crippen LogP contribution >= 0.6 is 0 Å². The minimum Gasteiger partial charge on any atom is -0.463 e. The van der Waals surface area contributed by atoms with Gasteiger partial charge in [-0.05, 0) is 0 Å². The van der Waals surface area contributed by atoms with E-state index in [0.717, 1.165) is 0 Å². The molecule has 6 heteroatoms. The highest BCUT2D eigenvalue weighted by atomic mass is 16.6. The highest BCUT2D eigenvalue weighted by molar-refractivity contribution is 5.65. The topological polar surface area (TPSA) is 63.2 Å². The van der Waals surface area contributed by atoms with Crippen molar-refractivity contribution in [3.63, 3.8) is 0 Å². The van der Waals surface area contributed by atoms with Gasteiger partial charge < -0.3 is 23.7 Å². The molecule has 0 radical (unpaired) electrons. The second-order valence-electron chi connectivity index (χ2n) is 3.17. The molecule has 0 rings (SSSR count). The predicted molar refractivity (Wildman–Crippen MR) is 67.7 cm³/mol. The van der Waals surface area contributed by atoms with Crippen molar-refractivity contribution < 1.29 is 28.5 Å². The highest BCUT2D eigenvalue weighted by Gasteiger charge is 1.93. The number of ether oxygens (including phenoxy) is 5. The highest BCUT2D eigenvalue weighted by Crippen LogP contribution is 1.83. The van der Waals surface area contributed by atoms with Crippen molar-refractivity contribution in [2.75, 3.05) is 60.0 Å². The van der Waals surface area contributed by atoms with Crippen molar-refractivity contribution in [1.82, 2.24) is 0 Å². The molecule has 0 aromatic carbocycles. The first-order valence-electron chi connectivity index (χ1n) is 5.63. The Hall–Kier alpha value is -0.690. The van der Waals surface area contributed by atoms with Crippen LogP contribution < -0.4 is 0 Å². The average molecular weight is 266 g/mol. The quantitative estimate of drug-likeness (QED) is 0.386. The van der Waals surface area contributed by atoms with Crippen LogP contribution in [0, 0.1) is 0 Å². The first-order valence-corrected chi connectivity index (χ1v) is 5.63. The first-order chi connectivity index (χ1) is 8.27. The van der Waals surface area contributed by atoms with E-state index in [0.29, 0.717) is 46.2 Å². The van der Waals surface area contributed by atoms with Gasteiger partial charge in [-0.25, -0.2) is 0 Å². The summed E-state index contributed by atoms with van der Waals surface area (Å²) in [5.41, 5.74) is 0. The molecule has 0 aromatic rings. The van der Waals surface area contributed by atoms with Gasteiger partial charge in [-0.1, -0.05) is 7.43 Å². The summed E-state index contributed by atoms with van der Waals surface area (Å²) in [5.74, 6) is -0.293. The molecular weight excluding hydrogens is 240 g/mol. The Kier molecular flexibility index (Phi) is 17.8. The lowest BCUT2D eigenvalue weighted by atomic mass is 10.7. The molecule has 0 atom stereocenters. The van der Waals surface area contributed by atoms with Crippen molar-refractivity contribution in [1.29, 1.82) is 0 Å². The van der Waals surface area contributed by atoms with E-state index >= 15 is 0 Å². The van der Waals surface area contributed by atoms with Gasteiger partial charge in [-0.3, -0.25) is 4.79 Å². The number of rotatable bonds is 12. The summed E-state index contributed by atoms with van der Waals surface area (Å²) in [6.07, 6.45) is 0. The van der Waals surface area contributed by atoms with Gasteiger partial charge in [0.05, 0.1) is 46.2 Å². The van der Waals surface area contributed by atoms with Gasteiger partial charge in [0.2, 0.25) is 0 Å². The minimum atomic E-state index is -0.293. The standard InChI is InChI=1S/C11H22O6.CH4/c1-11(12)17-10-9-16-8-7-15-6-5-14-4-3-13-2;/h3-10H2,1-2H3;1H4. The van der Waals surface area contributed by atoms with E-state index in [4.69, 9.17) is 18.9 Å². The Morgan fingerprint density at radius 1 is 0.778 bits per heavy atom. The van der Waals surface area contributed by atoms with E-state index < -0.39 is 0 Å². The lowest BCUT2D eigenvalue weighted by molar-refractivity contribution is -0.142. The SMILES string of the molecule is C.COCCOCCOCCOCCOC(C)=O. The van der Waals surface area contributed by atoms with Crippen LogP contribution in [-0.2, 0) is 28.5 Å². The van der Waals surface area contributed by atoms with Crippen LogP contribution in [0.25, 0.3) is 0 Å². The predicted octanol–water partition coefficient (Wildman–Crippen LogP) is 0.882. The lowest BCUT2D eigenvalue weighted by Crippen LogP contribution is -2.13. The summed E-state index contributed by atoms with van der Waals surface area (Å²) < 4.78 is 25.1. The Morgan fingerprint density at radius 3 is 1.56 bits per heavy atom. The molecule has 0 fully saturated rings. The third-order valence-corrected chi connectivity index (χ3v) is 1.71. The van der Waals surface area contributed by atoms with Crippen molar-refractivity contribution in [3.8, 4) is 0 Å². The van der Waals surface area contributed by atoms with Gasteiger partial charge >= 0.3 is 5.97 Å².